The number of carbonyl (C=O) groups is 1. The van der Waals surface area contributed by atoms with Crippen molar-refractivity contribution in [2.45, 2.75) is 13.8 Å². The molecule has 5 heteroatoms. The first-order valence-electron chi connectivity index (χ1n) is 5.96. The van der Waals surface area contributed by atoms with Crippen molar-refractivity contribution in [3.8, 4) is 5.75 Å². The van der Waals surface area contributed by atoms with Gasteiger partial charge in [-0.2, -0.15) is 0 Å². The predicted octanol–water partition coefficient (Wildman–Crippen LogP) is 2.02. The lowest BCUT2D eigenvalue weighted by Crippen LogP contribution is -2.28. The Morgan fingerprint density at radius 1 is 1.50 bits per heavy atom. The van der Waals surface area contributed by atoms with E-state index in [1.807, 2.05) is 6.92 Å². The van der Waals surface area contributed by atoms with Crippen LogP contribution in [0.3, 0.4) is 0 Å². The molecule has 1 amide bonds. The standard InChI is InChI=1S/C13H19FN2O2/c1-4-18-12-7-10(14)5-6-11(12)16-13(17)9(2)8-15-3/h5-7,9,15H,4,8H2,1-3H3,(H,16,17). The molecule has 1 aromatic rings. The minimum absolute atomic E-state index is 0.128. The molecule has 100 valence electrons. The van der Waals surface area contributed by atoms with Crippen LogP contribution in [0.2, 0.25) is 0 Å². The summed E-state index contributed by atoms with van der Waals surface area (Å²) in [5.41, 5.74) is 0.492. The van der Waals surface area contributed by atoms with Crippen LogP contribution in [0.25, 0.3) is 0 Å². The zero-order chi connectivity index (χ0) is 13.5. The van der Waals surface area contributed by atoms with Gasteiger partial charge in [0.15, 0.2) is 0 Å². The molecule has 1 rings (SSSR count). The predicted molar refractivity (Wildman–Crippen MR) is 69.3 cm³/mol. The van der Waals surface area contributed by atoms with E-state index in [4.69, 9.17) is 4.74 Å². The van der Waals surface area contributed by atoms with Crippen molar-refractivity contribution in [1.82, 2.24) is 5.32 Å². The second-order valence-electron chi connectivity index (χ2n) is 4.02. The summed E-state index contributed by atoms with van der Waals surface area (Å²) in [5.74, 6) is -0.339. The van der Waals surface area contributed by atoms with Gasteiger partial charge in [0.2, 0.25) is 5.91 Å². The molecule has 0 aliphatic heterocycles. The van der Waals surface area contributed by atoms with Crippen LogP contribution in [-0.2, 0) is 4.79 Å². The number of rotatable bonds is 6. The average molecular weight is 254 g/mol. The average Bonchev–Trinajstić information content (AvgIpc) is 2.33. The van der Waals surface area contributed by atoms with E-state index in [9.17, 15) is 9.18 Å². The van der Waals surface area contributed by atoms with Crippen molar-refractivity contribution in [3.63, 3.8) is 0 Å². The SMILES string of the molecule is CCOc1cc(F)ccc1NC(=O)C(C)CNC. The second kappa shape index (κ2) is 6.96. The Balaban J connectivity index is 2.80. The lowest BCUT2D eigenvalue weighted by Gasteiger charge is -2.14. The van der Waals surface area contributed by atoms with Crippen LogP contribution in [0, 0.1) is 11.7 Å². The Bertz CT molecular complexity index is 410. The highest BCUT2D eigenvalue weighted by atomic mass is 19.1. The van der Waals surface area contributed by atoms with Gasteiger partial charge < -0.3 is 15.4 Å². The fourth-order valence-corrected chi connectivity index (χ4v) is 1.53. The van der Waals surface area contributed by atoms with E-state index in [-0.39, 0.29) is 17.6 Å². The molecular formula is C13H19FN2O2. The molecule has 0 saturated heterocycles. The number of carbonyl (C=O) groups excluding carboxylic acids is 1. The first-order chi connectivity index (χ1) is 8.58. The molecule has 4 nitrogen and oxygen atoms in total. The number of anilines is 1. The lowest BCUT2D eigenvalue weighted by atomic mass is 10.1. The maximum Gasteiger partial charge on any atom is 0.228 e. The number of halogens is 1. The van der Waals surface area contributed by atoms with Gasteiger partial charge in [-0.05, 0) is 26.1 Å². The fraction of sp³-hybridized carbons (Fsp3) is 0.462. The van der Waals surface area contributed by atoms with Crippen molar-refractivity contribution in [1.29, 1.82) is 0 Å². The van der Waals surface area contributed by atoms with Gasteiger partial charge in [-0.25, -0.2) is 4.39 Å². The number of hydrogen-bond acceptors (Lipinski definition) is 3. The molecule has 0 aliphatic carbocycles. The van der Waals surface area contributed by atoms with Crippen LogP contribution in [0.1, 0.15) is 13.8 Å². The maximum atomic E-state index is 13.1. The number of benzene rings is 1. The van der Waals surface area contributed by atoms with Crippen LogP contribution in [0.4, 0.5) is 10.1 Å². The first kappa shape index (κ1) is 14.4. The van der Waals surface area contributed by atoms with Gasteiger partial charge in [0.25, 0.3) is 0 Å². The highest BCUT2D eigenvalue weighted by Crippen LogP contribution is 2.25. The summed E-state index contributed by atoms with van der Waals surface area (Å²) in [6.07, 6.45) is 0. The van der Waals surface area contributed by atoms with Crippen LogP contribution in [-0.4, -0.2) is 26.1 Å². The smallest absolute Gasteiger partial charge is 0.228 e. The molecule has 1 aromatic carbocycles. The summed E-state index contributed by atoms with van der Waals surface area (Å²) in [7, 11) is 1.79. The molecule has 1 atom stereocenters. The summed E-state index contributed by atoms with van der Waals surface area (Å²) < 4.78 is 18.4. The molecule has 0 fully saturated rings. The molecule has 0 saturated carbocycles. The van der Waals surface area contributed by atoms with E-state index in [1.54, 1.807) is 14.0 Å². The van der Waals surface area contributed by atoms with Crippen molar-refractivity contribution in [3.05, 3.63) is 24.0 Å². The van der Waals surface area contributed by atoms with Gasteiger partial charge in [0, 0.05) is 18.5 Å². The van der Waals surface area contributed by atoms with E-state index in [1.165, 1.54) is 18.2 Å². The molecule has 0 aromatic heterocycles. The van der Waals surface area contributed by atoms with E-state index < -0.39 is 0 Å². The second-order valence-corrected chi connectivity index (χ2v) is 4.02. The summed E-state index contributed by atoms with van der Waals surface area (Å²) >= 11 is 0. The molecule has 0 spiro atoms. The van der Waals surface area contributed by atoms with E-state index in [0.717, 1.165) is 0 Å². The van der Waals surface area contributed by atoms with E-state index >= 15 is 0 Å². The zero-order valence-electron chi connectivity index (χ0n) is 10.9. The number of nitrogens with one attached hydrogen (secondary N) is 2. The molecule has 0 radical (unpaired) electrons. The minimum atomic E-state index is -0.389. The summed E-state index contributed by atoms with van der Waals surface area (Å²) in [5, 5.41) is 5.67. The maximum absolute atomic E-state index is 13.1. The number of hydrogen-bond donors (Lipinski definition) is 2. The highest BCUT2D eigenvalue weighted by Gasteiger charge is 2.14. The molecule has 0 heterocycles. The lowest BCUT2D eigenvalue weighted by molar-refractivity contribution is -0.119. The zero-order valence-corrected chi connectivity index (χ0v) is 10.9. The monoisotopic (exact) mass is 254 g/mol. The van der Waals surface area contributed by atoms with Gasteiger partial charge in [0.1, 0.15) is 11.6 Å². The number of amides is 1. The Kier molecular flexibility index (Phi) is 5.58. The molecule has 2 N–H and O–H groups in total. The Morgan fingerprint density at radius 2 is 2.22 bits per heavy atom. The Morgan fingerprint density at radius 3 is 2.83 bits per heavy atom. The van der Waals surface area contributed by atoms with Crippen LogP contribution in [0.5, 0.6) is 5.75 Å². The van der Waals surface area contributed by atoms with Gasteiger partial charge in [-0.3, -0.25) is 4.79 Å². The van der Waals surface area contributed by atoms with Gasteiger partial charge in [-0.1, -0.05) is 6.92 Å². The Labute approximate surface area is 107 Å². The van der Waals surface area contributed by atoms with Crippen LogP contribution in [0.15, 0.2) is 18.2 Å². The summed E-state index contributed by atoms with van der Waals surface area (Å²) in [6.45, 7) is 4.62. The van der Waals surface area contributed by atoms with E-state index in [0.29, 0.717) is 24.6 Å². The van der Waals surface area contributed by atoms with Crippen molar-refractivity contribution in [2.75, 3.05) is 25.5 Å². The van der Waals surface area contributed by atoms with E-state index in [2.05, 4.69) is 10.6 Å². The molecule has 0 bridgehead atoms. The van der Waals surface area contributed by atoms with Crippen molar-refractivity contribution < 1.29 is 13.9 Å². The van der Waals surface area contributed by atoms with Crippen molar-refractivity contribution >= 4 is 11.6 Å². The minimum Gasteiger partial charge on any atom is -0.492 e. The van der Waals surface area contributed by atoms with Gasteiger partial charge in [0.05, 0.1) is 12.3 Å². The summed E-state index contributed by atoms with van der Waals surface area (Å²) in [4.78, 5) is 11.8. The Hall–Kier alpha value is -1.62. The normalized spacial score (nSPS) is 12.0. The van der Waals surface area contributed by atoms with Crippen molar-refractivity contribution in [2.24, 2.45) is 5.92 Å². The topological polar surface area (TPSA) is 50.4 Å². The fourth-order valence-electron chi connectivity index (χ4n) is 1.53. The number of ether oxygens (including phenoxy) is 1. The quantitative estimate of drug-likeness (QED) is 0.816. The first-order valence-corrected chi connectivity index (χ1v) is 5.96. The van der Waals surface area contributed by atoms with Gasteiger partial charge >= 0.3 is 0 Å². The third kappa shape index (κ3) is 4.00. The third-order valence-corrected chi connectivity index (χ3v) is 2.46. The van der Waals surface area contributed by atoms with Crippen LogP contribution >= 0.6 is 0 Å². The molecular weight excluding hydrogens is 235 g/mol. The third-order valence-electron chi connectivity index (χ3n) is 2.46. The molecule has 0 aliphatic rings. The molecule has 1 unspecified atom stereocenters. The van der Waals surface area contributed by atoms with Crippen LogP contribution < -0.4 is 15.4 Å². The summed E-state index contributed by atoms with van der Waals surface area (Å²) in [6, 6.07) is 4.06. The molecule has 18 heavy (non-hydrogen) atoms. The largest absolute Gasteiger partial charge is 0.492 e. The van der Waals surface area contributed by atoms with Gasteiger partial charge in [-0.15, -0.1) is 0 Å². The highest BCUT2D eigenvalue weighted by molar-refractivity contribution is 5.93.